The van der Waals surface area contributed by atoms with Gasteiger partial charge in [-0.05, 0) is 42.0 Å². The smallest absolute Gasteiger partial charge is 0.274 e. The van der Waals surface area contributed by atoms with Crippen LogP contribution in [0.5, 0.6) is 0 Å². The number of anilines is 2. The van der Waals surface area contributed by atoms with Crippen LogP contribution < -0.4 is 10.6 Å². The van der Waals surface area contributed by atoms with E-state index in [9.17, 15) is 4.79 Å². The lowest BCUT2D eigenvalue weighted by molar-refractivity contribution is 0.102. The molecule has 0 unspecified atom stereocenters. The molecule has 0 saturated carbocycles. The van der Waals surface area contributed by atoms with E-state index in [1.54, 1.807) is 36.5 Å². The second kappa shape index (κ2) is 7.62. The van der Waals surface area contributed by atoms with Crippen molar-refractivity contribution in [1.82, 2.24) is 4.98 Å². The van der Waals surface area contributed by atoms with Crippen molar-refractivity contribution in [3.8, 4) is 0 Å². The number of carbonyl (C=O) groups is 1. The molecule has 0 spiro atoms. The van der Waals surface area contributed by atoms with E-state index in [2.05, 4.69) is 15.6 Å². The first kappa shape index (κ1) is 16.0. The molecule has 0 radical (unpaired) electrons. The van der Waals surface area contributed by atoms with Crippen LogP contribution in [0.4, 0.5) is 11.4 Å². The van der Waals surface area contributed by atoms with Crippen LogP contribution in [0.3, 0.4) is 0 Å². The molecule has 1 aromatic heterocycles. The number of nitrogens with one attached hydrogen (secondary N) is 2. The molecule has 3 rings (SSSR count). The lowest BCUT2D eigenvalue weighted by atomic mass is 10.2. The lowest BCUT2D eigenvalue weighted by Gasteiger charge is -2.08. The molecule has 1 amide bonds. The van der Waals surface area contributed by atoms with Crippen molar-refractivity contribution >= 4 is 28.9 Å². The number of amides is 1. The third kappa shape index (κ3) is 4.33. The largest absolute Gasteiger partial charge is 0.380 e. The minimum absolute atomic E-state index is 0.257. The maximum atomic E-state index is 12.2. The van der Waals surface area contributed by atoms with Gasteiger partial charge in [-0.2, -0.15) is 0 Å². The summed E-state index contributed by atoms with van der Waals surface area (Å²) in [6, 6.07) is 20.6. The van der Waals surface area contributed by atoms with Crippen molar-refractivity contribution in [3.05, 3.63) is 89.2 Å². The minimum Gasteiger partial charge on any atom is -0.380 e. The average Bonchev–Trinajstić information content (AvgIpc) is 2.63. The van der Waals surface area contributed by atoms with Crippen molar-refractivity contribution in [1.29, 1.82) is 0 Å². The van der Waals surface area contributed by atoms with Gasteiger partial charge in [-0.3, -0.25) is 4.79 Å². The Morgan fingerprint density at radius 3 is 2.29 bits per heavy atom. The van der Waals surface area contributed by atoms with Gasteiger partial charge in [0.1, 0.15) is 5.69 Å². The Bertz CT molecular complexity index is 802. The van der Waals surface area contributed by atoms with Crippen molar-refractivity contribution in [2.45, 2.75) is 6.54 Å². The number of pyridine rings is 1. The number of hydrogen-bond donors (Lipinski definition) is 2. The molecule has 0 aliphatic carbocycles. The van der Waals surface area contributed by atoms with Gasteiger partial charge in [0, 0.05) is 17.3 Å². The van der Waals surface area contributed by atoms with E-state index in [4.69, 9.17) is 11.6 Å². The van der Waals surface area contributed by atoms with Crippen LogP contribution in [0.15, 0.2) is 72.9 Å². The Hall–Kier alpha value is -2.85. The highest BCUT2D eigenvalue weighted by Gasteiger charge is 2.07. The predicted octanol–water partition coefficient (Wildman–Crippen LogP) is 4.60. The molecule has 5 heteroatoms. The van der Waals surface area contributed by atoms with Crippen molar-refractivity contribution in [2.24, 2.45) is 0 Å². The van der Waals surface area contributed by atoms with Gasteiger partial charge >= 0.3 is 0 Å². The summed E-state index contributed by atoms with van der Waals surface area (Å²) in [5, 5.41) is 6.68. The SMILES string of the molecule is O=C(Nc1ccc(Cl)cc1)c1ccc(NCc2ccccc2)cn1. The molecule has 24 heavy (non-hydrogen) atoms. The summed E-state index contributed by atoms with van der Waals surface area (Å²) in [5.41, 5.74) is 3.08. The van der Waals surface area contributed by atoms with Crippen LogP contribution in [0.25, 0.3) is 0 Å². The van der Waals surface area contributed by atoms with Gasteiger partial charge in [-0.1, -0.05) is 41.9 Å². The molecular weight excluding hydrogens is 322 g/mol. The summed E-state index contributed by atoms with van der Waals surface area (Å²) in [6.07, 6.45) is 1.65. The van der Waals surface area contributed by atoms with Gasteiger partial charge < -0.3 is 10.6 Å². The number of nitrogens with zero attached hydrogens (tertiary/aromatic N) is 1. The highest BCUT2D eigenvalue weighted by Crippen LogP contribution is 2.15. The molecule has 0 atom stereocenters. The molecule has 0 bridgehead atoms. The summed E-state index contributed by atoms with van der Waals surface area (Å²) in [5.74, 6) is -0.257. The second-order valence-corrected chi connectivity index (χ2v) is 5.67. The van der Waals surface area contributed by atoms with Gasteiger partial charge in [-0.25, -0.2) is 4.98 Å². The number of carbonyl (C=O) groups excluding carboxylic acids is 1. The highest BCUT2D eigenvalue weighted by atomic mass is 35.5. The van der Waals surface area contributed by atoms with E-state index in [0.717, 1.165) is 5.69 Å². The molecule has 120 valence electrons. The second-order valence-electron chi connectivity index (χ2n) is 5.23. The number of aromatic nitrogens is 1. The lowest BCUT2D eigenvalue weighted by Crippen LogP contribution is -2.13. The summed E-state index contributed by atoms with van der Waals surface area (Å²) in [6.45, 7) is 0.707. The quantitative estimate of drug-likeness (QED) is 0.715. The van der Waals surface area contributed by atoms with Gasteiger partial charge in [-0.15, -0.1) is 0 Å². The molecule has 0 saturated heterocycles. The molecule has 2 aromatic carbocycles. The fraction of sp³-hybridized carbons (Fsp3) is 0.0526. The van der Waals surface area contributed by atoms with E-state index in [-0.39, 0.29) is 5.91 Å². The van der Waals surface area contributed by atoms with Crippen LogP contribution in [0, 0.1) is 0 Å². The third-order valence-corrected chi connectivity index (χ3v) is 3.69. The monoisotopic (exact) mass is 337 g/mol. The first-order valence-corrected chi connectivity index (χ1v) is 7.89. The molecule has 0 aliphatic rings. The average molecular weight is 338 g/mol. The molecule has 0 aliphatic heterocycles. The van der Waals surface area contributed by atoms with Crippen molar-refractivity contribution in [3.63, 3.8) is 0 Å². The van der Waals surface area contributed by atoms with E-state index in [0.29, 0.717) is 22.9 Å². The van der Waals surface area contributed by atoms with Crippen LogP contribution >= 0.6 is 11.6 Å². The molecule has 0 fully saturated rings. The van der Waals surface area contributed by atoms with Crippen LogP contribution in [0.1, 0.15) is 16.1 Å². The zero-order chi connectivity index (χ0) is 16.8. The van der Waals surface area contributed by atoms with Crippen LogP contribution in [-0.4, -0.2) is 10.9 Å². The molecule has 2 N–H and O–H groups in total. The Morgan fingerprint density at radius 2 is 1.62 bits per heavy atom. The number of hydrogen-bond acceptors (Lipinski definition) is 3. The summed E-state index contributed by atoms with van der Waals surface area (Å²) in [7, 11) is 0. The summed E-state index contributed by atoms with van der Waals surface area (Å²) in [4.78, 5) is 16.4. The Morgan fingerprint density at radius 1 is 0.917 bits per heavy atom. The molecule has 1 heterocycles. The highest BCUT2D eigenvalue weighted by molar-refractivity contribution is 6.30. The normalized spacial score (nSPS) is 10.2. The Labute approximate surface area is 145 Å². The van der Waals surface area contributed by atoms with E-state index in [1.165, 1.54) is 5.56 Å². The van der Waals surface area contributed by atoms with Gasteiger partial charge in [0.2, 0.25) is 0 Å². The zero-order valence-corrected chi connectivity index (χ0v) is 13.6. The standard InChI is InChI=1S/C19H16ClN3O/c20-15-6-8-16(9-7-15)23-19(24)18-11-10-17(13-22-18)21-12-14-4-2-1-3-5-14/h1-11,13,21H,12H2,(H,23,24). The Balaban J connectivity index is 1.59. The fourth-order valence-corrected chi connectivity index (χ4v) is 2.29. The summed E-state index contributed by atoms with van der Waals surface area (Å²) < 4.78 is 0. The Kier molecular flexibility index (Phi) is 5.08. The van der Waals surface area contributed by atoms with Gasteiger partial charge in [0.15, 0.2) is 0 Å². The topological polar surface area (TPSA) is 54.0 Å². The number of rotatable bonds is 5. The van der Waals surface area contributed by atoms with Crippen molar-refractivity contribution < 1.29 is 4.79 Å². The maximum absolute atomic E-state index is 12.2. The predicted molar refractivity (Wildman–Crippen MR) is 97.4 cm³/mol. The van der Waals surface area contributed by atoms with Crippen LogP contribution in [0.2, 0.25) is 5.02 Å². The first-order valence-electron chi connectivity index (χ1n) is 7.51. The van der Waals surface area contributed by atoms with Crippen molar-refractivity contribution in [2.75, 3.05) is 10.6 Å². The summed E-state index contributed by atoms with van der Waals surface area (Å²) >= 11 is 5.82. The van der Waals surface area contributed by atoms with E-state index in [1.807, 2.05) is 36.4 Å². The number of benzene rings is 2. The molecule has 3 aromatic rings. The van der Waals surface area contributed by atoms with Gasteiger partial charge in [0.25, 0.3) is 5.91 Å². The first-order chi connectivity index (χ1) is 11.7. The van der Waals surface area contributed by atoms with Gasteiger partial charge in [0.05, 0.1) is 11.9 Å². The third-order valence-electron chi connectivity index (χ3n) is 3.44. The molecule has 4 nitrogen and oxygen atoms in total. The number of halogens is 1. The molecular formula is C19H16ClN3O. The maximum Gasteiger partial charge on any atom is 0.274 e. The van der Waals surface area contributed by atoms with E-state index < -0.39 is 0 Å². The fourth-order valence-electron chi connectivity index (χ4n) is 2.16. The zero-order valence-electron chi connectivity index (χ0n) is 12.9. The minimum atomic E-state index is -0.257. The van der Waals surface area contributed by atoms with E-state index >= 15 is 0 Å². The van der Waals surface area contributed by atoms with Crippen LogP contribution in [-0.2, 0) is 6.54 Å².